The Kier molecular flexibility index (Phi) is 34.8. The van der Waals surface area contributed by atoms with E-state index in [1.165, 1.54) is 12.8 Å². The lowest BCUT2D eigenvalue weighted by Gasteiger charge is -2.26. The van der Waals surface area contributed by atoms with Crippen LogP contribution in [0.2, 0.25) is 0 Å². The topological polar surface area (TPSA) is 434 Å². The molecule has 83 heavy (non-hydrogen) atoms. The Hall–Kier alpha value is -0.220. The number of nitrogens with zero attached hydrogens (tertiary/aromatic N) is 7. The summed E-state index contributed by atoms with van der Waals surface area (Å²) in [6, 6.07) is 14.2. The van der Waals surface area contributed by atoms with Crippen molar-refractivity contribution in [3.05, 3.63) is 89.3 Å². The van der Waals surface area contributed by atoms with Crippen LogP contribution in [0.15, 0.2) is 94.8 Å². The minimum Gasteiger partial charge on any atom is -0.412 e. The lowest BCUT2D eigenvalue weighted by Crippen LogP contribution is -2.36. The molecule has 3 saturated heterocycles. The first-order valence-electron chi connectivity index (χ1n) is 21.6. The fourth-order valence-corrected chi connectivity index (χ4v) is 21.0. The van der Waals surface area contributed by atoms with Crippen LogP contribution < -0.4 is 31.4 Å². The second-order valence-electron chi connectivity index (χ2n) is 15.2. The van der Waals surface area contributed by atoms with Crippen molar-refractivity contribution in [3.8, 4) is 0 Å². The number of rotatable bonds is 8. The number of benzene rings is 2. The van der Waals surface area contributed by atoms with Crippen LogP contribution >= 0.6 is 190 Å². The van der Waals surface area contributed by atoms with Crippen LogP contribution in [0.1, 0.15) is 24.1 Å². The molecule has 26 nitrogen and oxygen atoms in total. The van der Waals surface area contributed by atoms with Crippen LogP contribution in [-0.2, 0) is 69.1 Å². The van der Waals surface area contributed by atoms with Crippen molar-refractivity contribution >= 4 is 259 Å². The first-order valence-corrected chi connectivity index (χ1v) is 40.5. The van der Waals surface area contributed by atoms with Crippen LogP contribution in [-0.4, -0.2) is 143 Å². The molecule has 5 aromatic heterocycles. The molecule has 466 valence electrons. The molecule has 0 bridgehead atoms. The maximum Gasteiger partial charge on any atom is 0.353 e. The van der Waals surface area contributed by atoms with E-state index in [-0.39, 0.29) is 42.3 Å². The zero-order valence-electron chi connectivity index (χ0n) is 41.6. The van der Waals surface area contributed by atoms with Gasteiger partial charge in [0.15, 0.2) is 38.9 Å². The van der Waals surface area contributed by atoms with Gasteiger partial charge in [0.25, 0.3) is 9.05 Å². The van der Waals surface area contributed by atoms with Gasteiger partial charge >= 0.3 is 9.33 Å². The SMILES string of the molecule is Brc1csc(Br)n1.C1CCOC1.N.NS(=O)(=O)c1sc(Br)nc1Br.NS(=O)(=O)c1sc(N2CCOCC2)nc1Br.NS(=O)(=O)c1sc(N2CCOCC2)nc1Cc1ccc2ccccc2c1.O.O=S(=O)(Cl)c1sc(Br)nc1Br.O=S(=O)(O)Cl. The second-order valence-corrected chi connectivity index (χ2v) is 36.9. The molecule has 0 amide bonds. The molecule has 0 spiro atoms. The molecule has 2 aromatic carbocycles. The van der Waals surface area contributed by atoms with E-state index >= 15 is 0 Å². The monoisotopic (exact) mass is 1840 g/mol. The van der Waals surface area contributed by atoms with Crippen molar-refractivity contribution in [3.63, 3.8) is 0 Å². The van der Waals surface area contributed by atoms with Gasteiger partial charge in [-0.25, -0.2) is 74.0 Å². The van der Waals surface area contributed by atoms with Crippen molar-refractivity contribution < 1.29 is 66.3 Å². The predicted octanol–water partition coefficient (Wildman–Crippen LogP) is 9.50. The summed E-state index contributed by atoms with van der Waals surface area (Å²) in [5.74, 6) is 0. The molecule has 0 unspecified atom stereocenters. The number of nitrogens with two attached hydrogens (primary N) is 3. The summed E-state index contributed by atoms with van der Waals surface area (Å²) in [5.41, 5.74) is 1.52. The third-order valence-electron chi connectivity index (χ3n) is 9.28. The number of hydrogen-bond donors (Lipinski definition) is 5. The van der Waals surface area contributed by atoms with Gasteiger partial charge in [0.1, 0.15) is 18.4 Å². The van der Waals surface area contributed by atoms with Crippen LogP contribution in [0.4, 0.5) is 10.3 Å². The number of anilines is 2. The van der Waals surface area contributed by atoms with Gasteiger partial charge in [-0.15, -0.1) is 11.3 Å². The van der Waals surface area contributed by atoms with Gasteiger partial charge in [0.05, 0.1) is 32.1 Å². The second kappa shape index (κ2) is 36.6. The highest BCUT2D eigenvalue weighted by atomic mass is 79.9. The van der Waals surface area contributed by atoms with Crippen molar-refractivity contribution in [1.82, 2.24) is 31.1 Å². The van der Waals surface area contributed by atoms with Crippen LogP contribution in [0.25, 0.3) is 10.8 Å². The molecule has 10 rings (SSSR count). The Morgan fingerprint density at radius 1 is 0.542 bits per heavy atom. The van der Waals surface area contributed by atoms with Gasteiger partial charge in [-0.2, -0.15) is 8.42 Å². The molecular formula is C38H46Br7Cl2N11O15S10. The standard InChI is InChI=1S/C18H19N3O3S2.C7H10BrN3O3S2.C4H8O.C3Br2ClNO2S2.C3H2Br2N2O2S2.C3HBr2NS.ClHO3S.H3N.H2O/c19-26(22,23)17-16(20-18(25-17)21-7-9-24-10-8-21)12-13-5-6-14-3-1-2-4-15(14)11-13;8-5-6(16(9,12)13)15-7(10-5)11-1-3-14-4-2-11;1-2-4-5-3-1;2*4-1-2(11(6,8)9)10-3(5)7-1;4-2-1-7-3(5)6-2;1-5(2,3)4;;/h1-6,11H,7-10,12H2,(H2,19,22,23);1-4H2,(H2,9,12,13);1-4H2;;(H2,6,8,9);1H;(H,2,3,4);1H3;1H2. The Bertz CT molecular complexity index is 3670. The Morgan fingerprint density at radius 2 is 0.952 bits per heavy atom. The molecule has 0 atom stereocenters. The van der Waals surface area contributed by atoms with E-state index in [1.54, 1.807) is 11.3 Å². The molecule has 0 saturated carbocycles. The number of ether oxygens (including phenoxy) is 3. The summed E-state index contributed by atoms with van der Waals surface area (Å²) >= 11 is 27.2. The van der Waals surface area contributed by atoms with Gasteiger partial charge in [-0.05, 0) is 141 Å². The lowest BCUT2D eigenvalue weighted by atomic mass is 10.0. The lowest BCUT2D eigenvalue weighted by molar-refractivity contribution is 0.122. The number of primary sulfonamides is 3. The zero-order chi connectivity index (χ0) is 60.5. The smallest absolute Gasteiger partial charge is 0.353 e. The molecule has 3 aliphatic heterocycles. The fraction of sp³-hybridized carbons (Fsp3) is 0.342. The summed E-state index contributed by atoms with van der Waals surface area (Å²) in [6.07, 6.45) is 2.98. The minimum atomic E-state index is -4.19. The Morgan fingerprint density at radius 3 is 1.29 bits per heavy atom. The largest absolute Gasteiger partial charge is 0.412 e. The number of hydrogen-bond acceptors (Lipinski definition) is 26. The van der Waals surface area contributed by atoms with E-state index in [1.807, 2.05) is 51.6 Å². The summed E-state index contributed by atoms with van der Waals surface area (Å²) in [4.78, 5) is 24.3. The van der Waals surface area contributed by atoms with Crippen molar-refractivity contribution in [2.75, 3.05) is 75.6 Å². The number of fused-ring (bicyclic) bond motifs is 1. The summed E-state index contributed by atoms with van der Waals surface area (Å²) in [5, 5.41) is 20.9. The van der Waals surface area contributed by atoms with E-state index in [4.69, 9.17) is 53.3 Å². The molecular weight excluding hydrogens is 1800 g/mol. The summed E-state index contributed by atoms with van der Waals surface area (Å²) in [7, 11) is -9.88. The Labute approximate surface area is 565 Å². The molecule has 0 aliphatic carbocycles. The minimum absolute atomic E-state index is 0. The van der Waals surface area contributed by atoms with Gasteiger partial charge in [0, 0.05) is 72.6 Å². The number of halogens is 9. The van der Waals surface area contributed by atoms with Gasteiger partial charge in [0.2, 0.25) is 30.1 Å². The van der Waals surface area contributed by atoms with Crippen LogP contribution in [0.3, 0.4) is 0 Å². The summed E-state index contributed by atoms with van der Waals surface area (Å²) < 4.78 is 134. The number of morpholine rings is 2. The average molecular weight is 1850 g/mol. The van der Waals surface area contributed by atoms with E-state index in [0.717, 1.165) is 83.4 Å². The molecule has 7 aromatic rings. The number of sulfonamides is 3. The average Bonchev–Trinajstić information content (AvgIpc) is 3.93. The van der Waals surface area contributed by atoms with Crippen molar-refractivity contribution in [2.45, 2.75) is 36.1 Å². The normalized spacial score (nSPS) is 14.4. The third kappa shape index (κ3) is 29.1. The molecule has 0 radical (unpaired) electrons. The molecule has 3 fully saturated rings. The Balaban J connectivity index is 0.000000357. The van der Waals surface area contributed by atoms with Crippen molar-refractivity contribution in [1.29, 1.82) is 0 Å². The first kappa shape index (κ1) is 78.9. The molecule has 3 aliphatic rings. The predicted molar refractivity (Wildman–Crippen MR) is 351 cm³/mol. The van der Waals surface area contributed by atoms with E-state index in [2.05, 4.69) is 153 Å². The van der Waals surface area contributed by atoms with Gasteiger partial charge < -0.3 is 35.6 Å². The summed E-state index contributed by atoms with van der Waals surface area (Å²) in [6.45, 7) is 7.31. The third-order valence-corrected chi connectivity index (χ3v) is 26.4. The molecule has 45 heteroatoms. The van der Waals surface area contributed by atoms with Gasteiger partial charge in [-0.3, -0.25) is 4.55 Å². The number of thiazole rings is 5. The quantitative estimate of drug-likeness (QED) is 0.0698. The van der Waals surface area contributed by atoms with E-state index < -0.39 is 48.5 Å². The highest BCUT2D eigenvalue weighted by Gasteiger charge is 2.26. The molecule has 8 heterocycles. The number of aromatic nitrogens is 5. The van der Waals surface area contributed by atoms with Crippen LogP contribution in [0, 0.1) is 0 Å². The highest BCUT2D eigenvalue weighted by Crippen LogP contribution is 2.36. The first-order chi connectivity index (χ1) is 37.6. The maximum absolute atomic E-state index is 12.1. The van der Waals surface area contributed by atoms with Gasteiger partial charge in [-0.1, -0.05) is 87.8 Å². The van der Waals surface area contributed by atoms with E-state index in [9.17, 15) is 33.7 Å². The molecule has 12 N–H and O–H groups in total. The highest BCUT2D eigenvalue weighted by molar-refractivity contribution is 9.12. The van der Waals surface area contributed by atoms with Crippen molar-refractivity contribution in [2.24, 2.45) is 15.4 Å². The zero-order valence-corrected chi connectivity index (χ0v) is 62.4. The maximum atomic E-state index is 12.1. The van der Waals surface area contributed by atoms with E-state index in [0.29, 0.717) is 82.8 Å². The van der Waals surface area contributed by atoms with Crippen LogP contribution in [0.5, 0.6) is 0 Å². The fourth-order valence-electron chi connectivity index (χ4n) is 6.03.